The van der Waals surface area contributed by atoms with E-state index in [-0.39, 0.29) is 45.5 Å². The fourth-order valence-corrected chi connectivity index (χ4v) is 5.40. The number of nitrogens with zero attached hydrogens (tertiary/aromatic N) is 2. The van der Waals surface area contributed by atoms with Gasteiger partial charge >= 0.3 is 5.97 Å². The van der Waals surface area contributed by atoms with Crippen molar-refractivity contribution in [3.8, 4) is 11.5 Å². The highest BCUT2D eigenvalue weighted by molar-refractivity contribution is 6.27. The molecule has 0 atom stereocenters. The van der Waals surface area contributed by atoms with E-state index in [0.717, 1.165) is 21.3 Å². The van der Waals surface area contributed by atoms with Gasteiger partial charge in [0.25, 0.3) is 23.6 Å². The smallest absolute Gasteiger partial charge is 0.330 e. The average molecular weight is 613 g/mol. The van der Waals surface area contributed by atoms with E-state index in [4.69, 9.17) is 19.3 Å². The molecule has 45 heavy (non-hydrogen) atoms. The van der Waals surface area contributed by atoms with Crippen LogP contribution in [0.5, 0.6) is 11.5 Å². The molecular weight excluding hydrogens is 580 g/mol. The number of hydrogen-bond acceptors (Lipinski definition) is 9. The van der Waals surface area contributed by atoms with Crippen molar-refractivity contribution in [3.05, 3.63) is 95.6 Å². The van der Waals surface area contributed by atoms with E-state index in [2.05, 4.69) is 6.58 Å². The van der Waals surface area contributed by atoms with Gasteiger partial charge in [0.15, 0.2) is 0 Å². The van der Waals surface area contributed by atoms with Crippen molar-refractivity contribution in [1.82, 2.24) is 9.80 Å². The molecule has 0 aromatic heterocycles. The second-order valence-corrected chi connectivity index (χ2v) is 9.71. The van der Waals surface area contributed by atoms with Crippen molar-refractivity contribution in [1.29, 1.82) is 0 Å². The zero-order valence-corrected chi connectivity index (χ0v) is 24.0. The average Bonchev–Trinajstić information content (AvgIpc) is 3.05. The lowest BCUT2D eigenvalue weighted by atomic mass is 9.93. The zero-order chi connectivity index (χ0) is 31.5. The third kappa shape index (κ3) is 5.61. The molecule has 0 spiro atoms. The third-order valence-corrected chi connectivity index (χ3v) is 7.39. The first-order valence-corrected chi connectivity index (χ1v) is 13.6. The summed E-state index contributed by atoms with van der Waals surface area (Å²) in [7, 11) is 3.09. The molecule has 0 saturated carbocycles. The number of carbonyl (C=O) groups excluding carboxylic acids is 5. The minimum absolute atomic E-state index is 0. The van der Waals surface area contributed by atoms with Crippen LogP contribution < -0.4 is 9.47 Å². The molecule has 11 nitrogen and oxygen atoms in total. The number of benzene rings is 4. The zero-order valence-electron chi connectivity index (χ0n) is 24.0. The Hall–Kier alpha value is -5.55. The number of methoxy groups -OCH3 is 2. The maximum Gasteiger partial charge on any atom is 0.330 e. The molecule has 0 bridgehead atoms. The van der Waals surface area contributed by atoms with Crippen LogP contribution in [0.4, 0.5) is 0 Å². The van der Waals surface area contributed by atoms with Gasteiger partial charge in [-0.3, -0.25) is 29.0 Å². The van der Waals surface area contributed by atoms with Crippen molar-refractivity contribution in [2.24, 2.45) is 0 Å². The van der Waals surface area contributed by atoms with Gasteiger partial charge in [-0.25, -0.2) is 4.79 Å². The first-order chi connectivity index (χ1) is 21.3. The highest BCUT2D eigenvalue weighted by Gasteiger charge is 2.34. The molecule has 1 N–H and O–H groups in total. The number of aliphatic hydroxyl groups excluding tert-OH is 1. The SMILES string of the molecule is C.C=CC(=O)OCCN1C(=O)c2cccc3c(OC)ccc(c23)C1=O.COc1ccc2c3c(cccc13)C(=O)N(CCO)C2=O. The summed E-state index contributed by atoms with van der Waals surface area (Å²) in [6.07, 6.45) is 1.03. The van der Waals surface area contributed by atoms with E-state index < -0.39 is 17.8 Å². The van der Waals surface area contributed by atoms with Crippen LogP contribution in [0.3, 0.4) is 0 Å². The standard InChI is InChI=1S/C18H15NO5.C15H13NO4.CH4/c1-3-15(20)24-10-9-19-17(21)12-6-4-5-11-14(23-2)8-7-13(16(11)12)18(19)22;1-20-12-6-5-11-13-9(12)3-2-4-10(13)14(18)16(7-8-17)15(11)19;/h3-8H,1,9-10H2,2H3;2-6,17H,7-8H2,1H3;1H4. The molecule has 2 heterocycles. The van der Waals surface area contributed by atoms with Gasteiger partial charge in [0.2, 0.25) is 0 Å². The monoisotopic (exact) mass is 612 g/mol. The highest BCUT2D eigenvalue weighted by Crippen LogP contribution is 2.36. The van der Waals surface area contributed by atoms with Crippen LogP contribution in [0, 0.1) is 0 Å². The molecule has 11 heteroatoms. The largest absolute Gasteiger partial charge is 0.496 e. The molecule has 2 aliphatic rings. The third-order valence-electron chi connectivity index (χ3n) is 7.39. The summed E-state index contributed by atoms with van der Waals surface area (Å²) in [6, 6.07) is 17.2. The molecule has 0 saturated heterocycles. The van der Waals surface area contributed by atoms with Crippen molar-refractivity contribution in [2.75, 3.05) is 40.5 Å². The molecule has 4 aromatic carbocycles. The molecule has 0 unspecified atom stereocenters. The second kappa shape index (κ2) is 13.4. The lowest BCUT2D eigenvalue weighted by molar-refractivity contribution is -0.137. The fourth-order valence-electron chi connectivity index (χ4n) is 5.40. The van der Waals surface area contributed by atoms with Crippen molar-refractivity contribution in [3.63, 3.8) is 0 Å². The molecule has 4 amide bonds. The summed E-state index contributed by atoms with van der Waals surface area (Å²) in [5, 5.41) is 11.7. The summed E-state index contributed by atoms with van der Waals surface area (Å²) < 4.78 is 15.4. The number of imide groups is 2. The van der Waals surface area contributed by atoms with Gasteiger partial charge in [0.1, 0.15) is 18.1 Å². The Morgan fingerprint density at radius 3 is 1.53 bits per heavy atom. The second-order valence-electron chi connectivity index (χ2n) is 9.71. The Balaban J connectivity index is 0.000000203. The molecule has 6 rings (SSSR count). The lowest BCUT2D eigenvalue weighted by Crippen LogP contribution is -2.42. The molecule has 2 aliphatic heterocycles. The summed E-state index contributed by atoms with van der Waals surface area (Å²) in [4.78, 5) is 63.3. The van der Waals surface area contributed by atoms with E-state index >= 15 is 0 Å². The Morgan fingerprint density at radius 1 is 0.711 bits per heavy atom. The van der Waals surface area contributed by atoms with Gasteiger partial charge in [-0.15, -0.1) is 0 Å². The number of hydrogen-bond donors (Lipinski definition) is 1. The van der Waals surface area contributed by atoms with Crippen molar-refractivity contribution in [2.45, 2.75) is 7.43 Å². The minimum Gasteiger partial charge on any atom is -0.496 e. The number of β-amino-alcohol motifs (C(OH)–C–C–N with tert-alkyl or cyclic N) is 1. The van der Waals surface area contributed by atoms with Crippen LogP contribution in [0.25, 0.3) is 21.5 Å². The quantitative estimate of drug-likeness (QED) is 0.176. The number of amides is 4. The molecule has 0 radical (unpaired) electrons. The van der Waals surface area contributed by atoms with E-state index in [9.17, 15) is 24.0 Å². The van der Waals surface area contributed by atoms with Gasteiger partial charge in [0.05, 0.1) is 33.9 Å². The van der Waals surface area contributed by atoms with Crippen LogP contribution in [-0.4, -0.2) is 85.0 Å². The number of ether oxygens (including phenoxy) is 3. The highest BCUT2D eigenvalue weighted by atomic mass is 16.5. The van der Waals surface area contributed by atoms with Gasteiger partial charge in [-0.2, -0.15) is 0 Å². The summed E-state index contributed by atoms with van der Waals surface area (Å²) in [5.74, 6) is -0.960. The van der Waals surface area contributed by atoms with Gasteiger partial charge in [-0.05, 0) is 36.4 Å². The summed E-state index contributed by atoms with van der Waals surface area (Å²) in [6.45, 7) is 2.95. The van der Waals surface area contributed by atoms with Gasteiger partial charge in [-0.1, -0.05) is 38.3 Å². The molecule has 0 aliphatic carbocycles. The van der Waals surface area contributed by atoms with Crippen LogP contribution in [-0.2, 0) is 9.53 Å². The first-order valence-electron chi connectivity index (χ1n) is 13.6. The predicted octanol–water partition coefficient (Wildman–Crippen LogP) is 4.25. The van der Waals surface area contributed by atoms with E-state index in [1.807, 2.05) is 12.1 Å². The maximum atomic E-state index is 12.7. The molecule has 0 fully saturated rings. The van der Waals surface area contributed by atoms with Crippen LogP contribution >= 0.6 is 0 Å². The normalized spacial score (nSPS) is 13.2. The Bertz CT molecular complexity index is 1820. The predicted molar refractivity (Wildman–Crippen MR) is 167 cm³/mol. The first kappa shape index (κ1) is 32.4. The maximum absolute atomic E-state index is 12.7. The van der Waals surface area contributed by atoms with Crippen molar-refractivity contribution < 1.29 is 43.3 Å². The van der Waals surface area contributed by atoms with E-state index in [1.165, 1.54) is 7.11 Å². The molecule has 4 aromatic rings. The topological polar surface area (TPSA) is 140 Å². The summed E-state index contributed by atoms with van der Waals surface area (Å²) >= 11 is 0. The van der Waals surface area contributed by atoms with Crippen molar-refractivity contribution >= 4 is 51.1 Å². The molecular formula is C34H32N2O9. The van der Waals surface area contributed by atoms with Crippen LogP contribution in [0.15, 0.2) is 73.3 Å². The van der Waals surface area contributed by atoms with Crippen LogP contribution in [0.2, 0.25) is 0 Å². The van der Waals surface area contributed by atoms with Gasteiger partial charge in [0, 0.05) is 49.9 Å². The van der Waals surface area contributed by atoms with Gasteiger partial charge < -0.3 is 19.3 Å². The lowest BCUT2D eigenvalue weighted by Gasteiger charge is -2.27. The minimum atomic E-state index is -0.598. The summed E-state index contributed by atoms with van der Waals surface area (Å²) in [5.41, 5.74) is 1.78. The van der Waals surface area contributed by atoms with E-state index in [1.54, 1.807) is 55.6 Å². The number of aliphatic hydroxyl groups is 1. The number of carbonyl (C=O) groups is 5. The molecule has 232 valence electrons. The Kier molecular flexibility index (Phi) is 9.63. The number of rotatable bonds is 8. The Labute approximate surface area is 259 Å². The fraction of sp³-hybridized carbons (Fsp3) is 0.206. The number of esters is 1. The van der Waals surface area contributed by atoms with Crippen LogP contribution in [0.1, 0.15) is 48.9 Å². The van der Waals surface area contributed by atoms with E-state index in [0.29, 0.717) is 49.9 Å². The Morgan fingerprint density at radius 2 is 1.13 bits per heavy atom.